The van der Waals surface area contributed by atoms with Gasteiger partial charge >= 0.3 is 5.97 Å². The Morgan fingerprint density at radius 1 is 1.19 bits per heavy atom. The van der Waals surface area contributed by atoms with Gasteiger partial charge in [0.15, 0.2) is 10.4 Å². The Balaban J connectivity index is 2.20. The monoisotopic (exact) mass is 436 g/mol. The maximum absolute atomic E-state index is 12.4. The van der Waals surface area contributed by atoms with Crippen molar-refractivity contribution >= 4 is 39.8 Å². The molecule has 0 bridgehead atoms. The number of benzene rings is 1. The molecule has 0 unspecified atom stereocenters. The summed E-state index contributed by atoms with van der Waals surface area (Å²) in [5, 5.41) is 13.6. The minimum absolute atomic E-state index is 0.0147. The molecule has 2 aromatic rings. The Hall–Kier alpha value is -3.07. The van der Waals surface area contributed by atoms with Crippen LogP contribution in [0.4, 0.5) is 0 Å². The largest absolute Gasteiger partial charge is 0.497 e. The number of halogens is 1. The zero-order valence-electron chi connectivity index (χ0n) is 14.3. The van der Waals surface area contributed by atoms with Crippen LogP contribution in [0.3, 0.4) is 0 Å². The normalized spacial score (nSPS) is 11.0. The van der Waals surface area contributed by atoms with Gasteiger partial charge in [-0.2, -0.15) is 0 Å². The second kappa shape index (κ2) is 9.58. The smallest absolute Gasteiger partial charge is 0.305 e. The maximum atomic E-state index is 12.4. The average Bonchev–Trinajstić information content (AvgIpc) is 3.08. The molecular formula is C18H17BrN2O6. The van der Waals surface area contributed by atoms with E-state index in [0.29, 0.717) is 16.0 Å². The molecule has 0 atom stereocenters. The van der Waals surface area contributed by atoms with Crippen LogP contribution >= 0.6 is 15.9 Å². The van der Waals surface area contributed by atoms with E-state index in [9.17, 15) is 14.4 Å². The third-order valence-electron chi connectivity index (χ3n) is 3.34. The minimum Gasteiger partial charge on any atom is -0.497 e. The molecule has 2 rings (SSSR count). The van der Waals surface area contributed by atoms with Gasteiger partial charge in [-0.1, -0.05) is 12.1 Å². The van der Waals surface area contributed by atoms with Crippen molar-refractivity contribution in [2.24, 2.45) is 0 Å². The standard InChI is InChI=1S/C18H17BrN2O6/c1-26-12-4-2-11(3-5-12)10-13(17(24)20-9-8-16(22)23)21-18(25)14-6-7-15(19)27-14/h2-7,10H,8-9H2,1H3,(H,20,24)(H,21,25)(H,22,23)/b13-10+. The number of aliphatic carboxylic acids is 1. The molecule has 27 heavy (non-hydrogen) atoms. The van der Waals surface area contributed by atoms with E-state index >= 15 is 0 Å². The van der Waals surface area contributed by atoms with E-state index in [-0.39, 0.29) is 24.4 Å². The number of ether oxygens (including phenoxy) is 1. The first kappa shape index (κ1) is 20.2. The number of methoxy groups -OCH3 is 1. The van der Waals surface area contributed by atoms with Crippen molar-refractivity contribution in [2.75, 3.05) is 13.7 Å². The van der Waals surface area contributed by atoms with Crippen molar-refractivity contribution in [2.45, 2.75) is 6.42 Å². The number of hydrogen-bond donors (Lipinski definition) is 3. The van der Waals surface area contributed by atoms with Crippen molar-refractivity contribution in [3.8, 4) is 5.75 Å². The zero-order chi connectivity index (χ0) is 19.8. The minimum atomic E-state index is -1.04. The van der Waals surface area contributed by atoms with Gasteiger partial charge in [0, 0.05) is 6.54 Å². The summed E-state index contributed by atoms with van der Waals surface area (Å²) in [5.41, 5.74) is 0.586. The number of carbonyl (C=O) groups excluding carboxylic acids is 2. The molecule has 0 spiro atoms. The molecule has 9 heteroatoms. The fourth-order valence-corrected chi connectivity index (χ4v) is 2.33. The van der Waals surface area contributed by atoms with E-state index in [4.69, 9.17) is 14.3 Å². The van der Waals surface area contributed by atoms with Crippen LogP contribution in [0, 0.1) is 0 Å². The molecule has 1 aromatic heterocycles. The Morgan fingerprint density at radius 2 is 1.89 bits per heavy atom. The van der Waals surface area contributed by atoms with Crippen LogP contribution in [-0.2, 0) is 9.59 Å². The highest BCUT2D eigenvalue weighted by Gasteiger charge is 2.17. The predicted molar refractivity (Wildman–Crippen MR) is 100 cm³/mol. The first-order chi connectivity index (χ1) is 12.9. The molecule has 1 heterocycles. The summed E-state index contributed by atoms with van der Waals surface area (Å²) in [4.78, 5) is 35.3. The highest BCUT2D eigenvalue weighted by atomic mass is 79.9. The summed E-state index contributed by atoms with van der Waals surface area (Å²) >= 11 is 3.10. The van der Waals surface area contributed by atoms with E-state index in [1.807, 2.05) is 0 Å². The van der Waals surface area contributed by atoms with Crippen LogP contribution in [0.1, 0.15) is 22.5 Å². The van der Waals surface area contributed by atoms with Crippen LogP contribution in [0.2, 0.25) is 0 Å². The van der Waals surface area contributed by atoms with Gasteiger partial charge in [0.2, 0.25) is 0 Å². The van der Waals surface area contributed by atoms with Gasteiger partial charge < -0.3 is 24.9 Å². The van der Waals surface area contributed by atoms with Gasteiger partial charge in [-0.25, -0.2) is 0 Å². The lowest BCUT2D eigenvalue weighted by molar-refractivity contribution is -0.136. The van der Waals surface area contributed by atoms with E-state index in [0.717, 1.165) is 0 Å². The lowest BCUT2D eigenvalue weighted by Gasteiger charge is -2.10. The number of rotatable bonds is 8. The lowest BCUT2D eigenvalue weighted by atomic mass is 10.1. The van der Waals surface area contributed by atoms with Gasteiger partial charge in [0.25, 0.3) is 11.8 Å². The highest BCUT2D eigenvalue weighted by molar-refractivity contribution is 9.10. The molecule has 0 aliphatic carbocycles. The van der Waals surface area contributed by atoms with Crippen molar-refractivity contribution in [1.29, 1.82) is 0 Å². The highest BCUT2D eigenvalue weighted by Crippen LogP contribution is 2.16. The van der Waals surface area contributed by atoms with Gasteiger partial charge in [-0.05, 0) is 51.8 Å². The average molecular weight is 437 g/mol. The Kier molecular flexibility index (Phi) is 7.18. The number of amides is 2. The summed E-state index contributed by atoms with van der Waals surface area (Å²) in [7, 11) is 1.54. The summed E-state index contributed by atoms with van der Waals surface area (Å²) in [5.74, 6) is -1.62. The number of carboxylic acids is 1. The van der Waals surface area contributed by atoms with Gasteiger partial charge in [-0.15, -0.1) is 0 Å². The van der Waals surface area contributed by atoms with Crippen LogP contribution in [0.25, 0.3) is 6.08 Å². The molecule has 8 nitrogen and oxygen atoms in total. The maximum Gasteiger partial charge on any atom is 0.305 e. The third kappa shape index (κ3) is 6.30. The molecule has 0 aliphatic rings. The van der Waals surface area contributed by atoms with Crippen LogP contribution in [0.5, 0.6) is 5.75 Å². The fraction of sp³-hybridized carbons (Fsp3) is 0.167. The number of carboxylic acid groups (broad SMARTS) is 1. The van der Waals surface area contributed by atoms with Crippen molar-refractivity contribution in [3.63, 3.8) is 0 Å². The number of nitrogens with one attached hydrogen (secondary N) is 2. The second-order valence-electron chi connectivity index (χ2n) is 5.29. The summed E-state index contributed by atoms with van der Waals surface area (Å²) in [6, 6.07) is 9.83. The van der Waals surface area contributed by atoms with Crippen LogP contribution in [0.15, 0.2) is 51.2 Å². The van der Waals surface area contributed by atoms with Crippen LogP contribution in [-0.4, -0.2) is 36.5 Å². The summed E-state index contributed by atoms with van der Waals surface area (Å²) < 4.78 is 10.6. The molecule has 0 radical (unpaired) electrons. The van der Waals surface area contributed by atoms with Crippen molar-refractivity contribution in [3.05, 3.63) is 58.1 Å². The molecule has 3 N–H and O–H groups in total. The first-order valence-electron chi connectivity index (χ1n) is 7.81. The van der Waals surface area contributed by atoms with Gasteiger partial charge in [0.1, 0.15) is 11.4 Å². The molecule has 0 aliphatic heterocycles. The topological polar surface area (TPSA) is 118 Å². The number of carbonyl (C=O) groups is 3. The Labute approximate surface area is 163 Å². The summed E-state index contributed by atoms with van der Waals surface area (Å²) in [6.45, 7) is -0.0731. The van der Waals surface area contributed by atoms with E-state index in [1.54, 1.807) is 30.3 Å². The Bertz CT molecular complexity index is 857. The molecule has 0 fully saturated rings. The molecule has 2 amide bonds. The van der Waals surface area contributed by atoms with E-state index < -0.39 is 17.8 Å². The van der Waals surface area contributed by atoms with Gasteiger partial charge in [0.05, 0.1) is 13.5 Å². The Morgan fingerprint density at radius 3 is 2.44 bits per heavy atom. The quantitative estimate of drug-likeness (QED) is 0.546. The molecule has 142 valence electrons. The van der Waals surface area contributed by atoms with Crippen molar-refractivity contribution in [1.82, 2.24) is 10.6 Å². The van der Waals surface area contributed by atoms with Crippen LogP contribution < -0.4 is 15.4 Å². The number of furan rings is 1. The molecule has 1 aromatic carbocycles. The van der Waals surface area contributed by atoms with Crippen molar-refractivity contribution < 1.29 is 28.6 Å². The third-order valence-corrected chi connectivity index (χ3v) is 3.77. The molecule has 0 saturated heterocycles. The SMILES string of the molecule is COc1ccc(/C=C(/NC(=O)c2ccc(Br)o2)C(=O)NCCC(=O)O)cc1. The summed E-state index contributed by atoms with van der Waals surface area (Å²) in [6.07, 6.45) is 1.23. The van der Waals surface area contributed by atoms with Gasteiger partial charge in [-0.3, -0.25) is 14.4 Å². The lowest BCUT2D eigenvalue weighted by Crippen LogP contribution is -2.35. The number of hydrogen-bond acceptors (Lipinski definition) is 5. The molecular weight excluding hydrogens is 420 g/mol. The van der Waals surface area contributed by atoms with E-state index in [2.05, 4.69) is 26.6 Å². The second-order valence-corrected chi connectivity index (χ2v) is 6.07. The van der Waals surface area contributed by atoms with E-state index in [1.165, 1.54) is 19.3 Å². The predicted octanol–water partition coefficient (Wildman–Crippen LogP) is 2.41. The zero-order valence-corrected chi connectivity index (χ0v) is 15.9. The fourth-order valence-electron chi connectivity index (χ4n) is 2.02. The molecule has 0 saturated carbocycles. The first-order valence-corrected chi connectivity index (χ1v) is 8.61.